The summed E-state index contributed by atoms with van der Waals surface area (Å²) in [7, 11) is 0. The van der Waals surface area contributed by atoms with E-state index < -0.39 is 36.1 Å². The largest absolute Gasteiger partial charge is 0.505 e. The molecule has 2 aliphatic rings. The van der Waals surface area contributed by atoms with Crippen molar-refractivity contribution in [2.24, 2.45) is 0 Å². The maximum atomic E-state index is 12.9. The molecule has 12 heteroatoms. The summed E-state index contributed by atoms with van der Waals surface area (Å²) in [5, 5.41) is 14.5. The van der Waals surface area contributed by atoms with Crippen molar-refractivity contribution in [1.29, 1.82) is 0 Å². The molecule has 4 heterocycles. The van der Waals surface area contributed by atoms with E-state index in [0.29, 0.717) is 31.0 Å². The van der Waals surface area contributed by atoms with E-state index in [1.54, 1.807) is 23.5 Å². The molecule has 2 aliphatic heterocycles. The van der Waals surface area contributed by atoms with E-state index in [2.05, 4.69) is 15.3 Å². The molecule has 4 rings (SSSR count). The van der Waals surface area contributed by atoms with Crippen molar-refractivity contribution in [2.75, 3.05) is 34.8 Å². The molecule has 2 aromatic rings. The van der Waals surface area contributed by atoms with Gasteiger partial charge in [-0.15, -0.1) is 0 Å². The van der Waals surface area contributed by atoms with Gasteiger partial charge in [-0.05, 0) is 18.6 Å². The first kappa shape index (κ1) is 19.7. The molecule has 0 unspecified atom stereocenters. The minimum Gasteiger partial charge on any atom is -0.505 e. The number of anilines is 3. The summed E-state index contributed by atoms with van der Waals surface area (Å²) >= 11 is 0. The van der Waals surface area contributed by atoms with Gasteiger partial charge in [0, 0.05) is 25.4 Å². The Hall–Kier alpha value is -3.57. The summed E-state index contributed by atoms with van der Waals surface area (Å²) in [5.41, 5.74) is -0.166. The van der Waals surface area contributed by atoms with Crippen LogP contribution in [0.2, 0.25) is 0 Å². The van der Waals surface area contributed by atoms with Gasteiger partial charge >= 0.3 is 12.2 Å². The van der Waals surface area contributed by atoms with E-state index in [-0.39, 0.29) is 11.9 Å². The molecule has 2 aromatic heterocycles. The first-order chi connectivity index (χ1) is 14.2. The van der Waals surface area contributed by atoms with Gasteiger partial charge in [0.25, 0.3) is 5.91 Å². The van der Waals surface area contributed by atoms with Crippen LogP contribution in [-0.4, -0.2) is 58.9 Å². The van der Waals surface area contributed by atoms with Crippen LogP contribution in [0.5, 0.6) is 5.75 Å². The number of rotatable bonds is 3. The Labute approximate surface area is 168 Å². The number of pyridine rings is 2. The lowest BCUT2D eigenvalue weighted by molar-refractivity contribution is -0.123. The van der Waals surface area contributed by atoms with Crippen molar-refractivity contribution in [1.82, 2.24) is 15.3 Å². The second kappa shape index (κ2) is 7.35. The maximum absolute atomic E-state index is 12.9. The number of carbonyl (C=O) groups excluding carboxylic acids is 2. The van der Waals surface area contributed by atoms with Crippen molar-refractivity contribution in [3.8, 4) is 5.75 Å². The lowest BCUT2D eigenvalue weighted by Gasteiger charge is -2.35. The molecule has 2 bridgehead atoms. The summed E-state index contributed by atoms with van der Waals surface area (Å²) in [5.74, 6) is -1.35. The van der Waals surface area contributed by atoms with E-state index in [1.165, 1.54) is 17.2 Å². The molecule has 158 valence electrons. The molecule has 0 saturated carbocycles. The van der Waals surface area contributed by atoms with Crippen LogP contribution in [0.1, 0.15) is 16.9 Å². The maximum Gasteiger partial charge on any atom is 0.405 e. The van der Waals surface area contributed by atoms with Crippen molar-refractivity contribution >= 4 is 29.3 Å². The van der Waals surface area contributed by atoms with E-state index in [1.807, 2.05) is 4.90 Å². The van der Waals surface area contributed by atoms with Gasteiger partial charge in [-0.2, -0.15) is 13.2 Å². The Morgan fingerprint density at radius 1 is 1.30 bits per heavy atom. The Bertz CT molecular complexity index is 985. The molecular weight excluding hydrogens is 405 g/mol. The van der Waals surface area contributed by atoms with Gasteiger partial charge in [0.1, 0.15) is 18.1 Å². The van der Waals surface area contributed by atoms with Crippen molar-refractivity contribution < 1.29 is 27.9 Å². The number of fused-ring (bicyclic) bond motifs is 4. The summed E-state index contributed by atoms with van der Waals surface area (Å²) in [6, 6.07) is 5.45. The highest BCUT2D eigenvalue weighted by Gasteiger charge is 2.41. The summed E-state index contributed by atoms with van der Waals surface area (Å²) < 4.78 is 37.3. The topological polar surface area (TPSA) is 111 Å². The average Bonchev–Trinajstić information content (AvgIpc) is 3.11. The second-order valence-electron chi connectivity index (χ2n) is 6.90. The standard InChI is InChI=1S/C18H17F3N6O3/c19-18(20,21)9-23-16(29)14-12(28)7-11-15(25-14)27(10-4-6-26(11)8-10)17(30)24-13-3-1-2-5-22-13/h1-3,5,7,10,28H,4,6,8-9H2,(H,23,29)(H,22,24,30)/t10-/m0/s1. The Morgan fingerprint density at radius 3 is 2.80 bits per heavy atom. The van der Waals surface area contributed by atoms with Gasteiger partial charge in [-0.25, -0.2) is 14.8 Å². The lowest BCUT2D eigenvalue weighted by atomic mass is 10.1. The molecular formula is C18H17F3N6O3. The number of alkyl halides is 3. The van der Waals surface area contributed by atoms with Gasteiger partial charge in [0.15, 0.2) is 11.5 Å². The highest BCUT2D eigenvalue weighted by molar-refractivity contribution is 6.05. The van der Waals surface area contributed by atoms with E-state index in [9.17, 15) is 27.9 Å². The quantitative estimate of drug-likeness (QED) is 0.699. The summed E-state index contributed by atoms with van der Waals surface area (Å²) in [6.45, 7) is -0.461. The van der Waals surface area contributed by atoms with Crippen LogP contribution in [-0.2, 0) is 0 Å². The number of nitrogens with zero attached hydrogens (tertiary/aromatic N) is 4. The number of amides is 3. The van der Waals surface area contributed by atoms with E-state index in [0.717, 1.165) is 0 Å². The zero-order valence-corrected chi connectivity index (χ0v) is 15.5. The highest BCUT2D eigenvalue weighted by atomic mass is 19.4. The number of hydrogen-bond acceptors (Lipinski definition) is 6. The fraction of sp³-hybridized carbons (Fsp3) is 0.333. The van der Waals surface area contributed by atoms with Crippen LogP contribution in [0.15, 0.2) is 30.5 Å². The number of nitrogens with one attached hydrogen (secondary N) is 2. The first-order valence-electron chi connectivity index (χ1n) is 9.08. The molecule has 1 fully saturated rings. The van der Waals surface area contributed by atoms with Gasteiger partial charge in [0.05, 0.1) is 11.7 Å². The zero-order chi connectivity index (χ0) is 21.5. The SMILES string of the molecule is O=C(NCC(F)(F)F)c1nc2c(cc1O)N1CC[C@@H](C1)N2C(=O)Nc1ccccn1. The van der Waals surface area contributed by atoms with Gasteiger partial charge in [0.2, 0.25) is 0 Å². The molecule has 30 heavy (non-hydrogen) atoms. The van der Waals surface area contributed by atoms with Crippen LogP contribution in [0, 0.1) is 0 Å². The van der Waals surface area contributed by atoms with E-state index in [4.69, 9.17) is 0 Å². The molecule has 0 aliphatic carbocycles. The molecule has 0 aromatic carbocycles. The van der Waals surface area contributed by atoms with Crippen LogP contribution >= 0.6 is 0 Å². The average molecular weight is 422 g/mol. The molecule has 0 radical (unpaired) electrons. The summed E-state index contributed by atoms with van der Waals surface area (Å²) in [6.07, 6.45) is -2.47. The van der Waals surface area contributed by atoms with Crippen molar-refractivity contribution in [2.45, 2.75) is 18.6 Å². The van der Waals surface area contributed by atoms with Crippen LogP contribution in [0.25, 0.3) is 0 Å². The molecule has 1 saturated heterocycles. The third-order valence-electron chi connectivity index (χ3n) is 4.84. The third-order valence-corrected chi connectivity index (χ3v) is 4.84. The molecule has 1 atom stereocenters. The molecule has 0 spiro atoms. The van der Waals surface area contributed by atoms with E-state index >= 15 is 0 Å². The number of urea groups is 1. The number of hydrogen-bond donors (Lipinski definition) is 3. The lowest BCUT2D eigenvalue weighted by Crippen LogP contribution is -2.48. The number of carbonyl (C=O) groups is 2. The zero-order valence-electron chi connectivity index (χ0n) is 15.5. The number of aromatic hydroxyl groups is 1. The summed E-state index contributed by atoms with van der Waals surface area (Å²) in [4.78, 5) is 36.5. The minimum atomic E-state index is -4.61. The minimum absolute atomic E-state index is 0.0899. The fourth-order valence-electron chi connectivity index (χ4n) is 3.54. The normalized spacial score (nSPS) is 17.5. The second-order valence-corrected chi connectivity index (χ2v) is 6.90. The Balaban J connectivity index is 1.66. The Morgan fingerprint density at radius 2 is 2.10 bits per heavy atom. The molecule has 3 amide bonds. The fourth-order valence-corrected chi connectivity index (χ4v) is 3.54. The van der Waals surface area contributed by atoms with Crippen molar-refractivity contribution in [3.63, 3.8) is 0 Å². The number of aromatic nitrogens is 2. The van der Waals surface area contributed by atoms with Gasteiger partial charge < -0.3 is 15.3 Å². The predicted octanol–water partition coefficient (Wildman–Crippen LogP) is 2.11. The monoisotopic (exact) mass is 422 g/mol. The van der Waals surface area contributed by atoms with Crippen LogP contribution in [0.4, 0.5) is 35.3 Å². The predicted molar refractivity (Wildman–Crippen MR) is 101 cm³/mol. The van der Waals surface area contributed by atoms with Crippen LogP contribution in [0.3, 0.4) is 0 Å². The highest BCUT2D eigenvalue weighted by Crippen LogP contribution is 2.41. The van der Waals surface area contributed by atoms with Crippen LogP contribution < -0.4 is 20.4 Å². The van der Waals surface area contributed by atoms with Gasteiger partial charge in [-0.1, -0.05) is 6.07 Å². The van der Waals surface area contributed by atoms with Gasteiger partial charge in [-0.3, -0.25) is 15.0 Å². The molecule has 3 N–H and O–H groups in total. The molecule has 9 nitrogen and oxygen atoms in total. The Kier molecular flexibility index (Phi) is 4.84. The smallest absolute Gasteiger partial charge is 0.405 e. The first-order valence-corrected chi connectivity index (χ1v) is 9.08. The third kappa shape index (κ3) is 3.80. The number of halogens is 3. The van der Waals surface area contributed by atoms with Crippen molar-refractivity contribution in [3.05, 3.63) is 36.2 Å².